The number of nitrogens with one attached hydrogen (secondary N) is 1. The van der Waals surface area contributed by atoms with Crippen molar-refractivity contribution in [2.75, 3.05) is 26.9 Å². The van der Waals surface area contributed by atoms with Crippen molar-refractivity contribution in [2.24, 2.45) is 5.41 Å². The predicted molar refractivity (Wildman–Crippen MR) is 75.5 cm³/mol. The molecule has 1 unspecified atom stereocenters. The zero-order valence-corrected chi connectivity index (χ0v) is 11.7. The zero-order chi connectivity index (χ0) is 13.1. The van der Waals surface area contributed by atoms with Crippen molar-refractivity contribution >= 4 is 0 Å². The summed E-state index contributed by atoms with van der Waals surface area (Å²) < 4.78 is 10.9. The van der Waals surface area contributed by atoms with Crippen LogP contribution in [0.3, 0.4) is 0 Å². The topological polar surface area (TPSA) is 30.5 Å². The molecule has 1 atom stereocenters. The van der Waals surface area contributed by atoms with E-state index in [2.05, 4.69) is 23.5 Å². The molecule has 1 aromatic carbocycles. The average molecular weight is 261 g/mol. The van der Waals surface area contributed by atoms with Gasteiger partial charge in [0.2, 0.25) is 0 Å². The Kier molecular flexibility index (Phi) is 3.76. The first-order valence-corrected chi connectivity index (χ1v) is 7.27. The van der Waals surface area contributed by atoms with Gasteiger partial charge in [0.15, 0.2) is 0 Å². The summed E-state index contributed by atoms with van der Waals surface area (Å²) in [6, 6.07) is 8.84. The van der Waals surface area contributed by atoms with Crippen LogP contribution in [0.2, 0.25) is 0 Å². The molecule has 1 aliphatic carbocycles. The lowest BCUT2D eigenvalue weighted by molar-refractivity contribution is 0.168. The molecule has 0 radical (unpaired) electrons. The van der Waals surface area contributed by atoms with Gasteiger partial charge < -0.3 is 14.8 Å². The largest absolute Gasteiger partial charge is 0.493 e. The molecule has 0 bridgehead atoms. The van der Waals surface area contributed by atoms with Crippen molar-refractivity contribution in [3.05, 3.63) is 29.8 Å². The smallest absolute Gasteiger partial charge is 0.124 e. The Bertz CT molecular complexity index is 429. The molecule has 1 aliphatic heterocycles. The molecule has 104 valence electrons. The van der Waals surface area contributed by atoms with Gasteiger partial charge in [-0.25, -0.2) is 0 Å². The van der Waals surface area contributed by atoms with E-state index in [0.29, 0.717) is 11.5 Å². The molecule has 0 saturated heterocycles. The van der Waals surface area contributed by atoms with Crippen LogP contribution in [0, 0.1) is 5.41 Å². The predicted octanol–water partition coefficient (Wildman–Crippen LogP) is 2.92. The van der Waals surface area contributed by atoms with Crippen molar-refractivity contribution < 1.29 is 9.47 Å². The molecule has 3 nitrogen and oxygen atoms in total. The van der Waals surface area contributed by atoms with E-state index in [1.807, 2.05) is 6.07 Å². The van der Waals surface area contributed by atoms with Crippen LogP contribution in [0.15, 0.2) is 24.3 Å². The summed E-state index contributed by atoms with van der Waals surface area (Å²) in [7, 11) is 1.79. The molecule has 19 heavy (non-hydrogen) atoms. The van der Waals surface area contributed by atoms with E-state index in [1.165, 1.54) is 24.8 Å². The van der Waals surface area contributed by atoms with Gasteiger partial charge in [0, 0.05) is 38.3 Å². The molecule has 1 fully saturated rings. The molecule has 2 aliphatic rings. The van der Waals surface area contributed by atoms with Gasteiger partial charge in [0.25, 0.3) is 0 Å². The van der Waals surface area contributed by atoms with E-state index >= 15 is 0 Å². The third-order valence-corrected chi connectivity index (χ3v) is 4.48. The molecule has 1 saturated carbocycles. The number of hydrogen-bond acceptors (Lipinski definition) is 3. The third kappa shape index (κ3) is 2.93. The summed E-state index contributed by atoms with van der Waals surface area (Å²) in [5.74, 6) is 1.05. The highest BCUT2D eigenvalue weighted by molar-refractivity contribution is 5.37. The summed E-state index contributed by atoms with van der Waals surface area (Å²) >= 11 is 0. The van der Waals surface area contributed by atoms with Gasteiger partial charge in [0.05, 0.1) is 6.61 Å². The van der Waals surface area contributed by atoms with Crippen LogP contribution in [-0.2, 0) is 4.74 Å². The van der Waals surface area contributed by atoms with Crippen molar-refractivity contribution in [1.29, 1.82) is 0 Å². The monoisotopic (exact) mass is 261 g/mol. The Hall–Kier alpha value is -1.06. The van der Waals surface area contributed by atoms with E-state index in [0.717, 1.165) is 31.9 Å². The molecule has 0 aromatic heterocycles. The Balaban J connectivity index is 1.59. The normalized spacial score (nSPS) is 23.5. The second kappa shape index (κ2) is 5.51. The van der Waals surface area contributed by atoms with E-state index in [-0.39, 0.29) is 0 Å². The number of ether oxygens (including phenoxy) is 2. The average Bonchev–Trinajstić information content (AvgIpc) is 3.23. The van der Waals surface area contributed by atoms with E-state index in [4.69, 9.17) is 9.47 Å². The molecule has 1 aromatic rings. The first-order valence-electron chi connectivity index (χ1n) is 7.27. The van der Waals surface area contributed by atoms with Crippen molar-refractivity contribution in [2.45, 2.75) is 31.7 Å². The SMILES string of the molecule is COCCC1(CNC2CCOc3ccccc32)CC1. The minimum Gasteiger partial charge on any atom is -0.493 e. The highest BCUT2D eigenvalue weighted by atomic mass is 16.5. The maximum Gasteiger partial charge on any atom is 0.124 e. The fourth-order valence-corrected chi connectivity index (χ4v) is 2.90. The standard InChI is InChI=1S/C16H23NO2/c1-18-11-9-16(7-8-16)12-17-14-6-10-19-15-5-3-2-4-13(14)15/h2-5,14,17H,6-12H2,1H3. The molecule has 0 amide bonds. The lowest BCUT2D eigenvalue weighted by Gasteiger charge is -2.28. The zero-order valence-electron chi connectivity index (χ0n) is 11.7. The molecule has 1 heterocycles. The second-order valence-electron chi connectivity index (χ2n) is 5.85. The first-order chi connectivity index (χ1) is 9.33. The van der Waals surface area contributed by atoms with Crippen LogP contribution < -0.4 is 10.1 Å². The summed E-state index contributed by atoms with van der Waals surface area (Å²) in [5.41, 5.74) is 1.82. The lowest BCUT2D eigenvalue weighted by Crippen LogP contribution is -2.32. The van der Waals surface area contributed by atoms with Crippen molar-refractivity contribution in [3.63, 3.8) is 0 Å². The van der Waals surface area contributed by atoms with Crippen LogP contribution in [0.5, 0.6) is 5.75 Å². The Morgan fingerprint density at radius 2 is 2.21 bits per heavy atom. The lowest BCUT2D eigenvalue weighted by atomic mass is 9.98. The fraction of sp³-hybridized carbons (Fsp3) is 0.625. The molecule has 3 heteroatoms. The van der Waals surface area contributed by atoms with Crippen molar-refractivity contribution in [1.82, 2.24) is 5.32 Å². The molecule has 1 N–H and O–H groups in total. The second-order valence-corrected chi connectivity index (χ2v) is 5.85. The number of rotatable bonds is 6. The molecular weight excluding hydrogens is 238 g/mol. The Morgan fingerprint density at radius 3 is 3.00 bits per heavy atom. The minimum atomic E-state index is 0.449. The van der Waals surface area contributed by atoms with Gasteiger partial charge in [-0.2, -0.15) is 0 Å². The minimum absolute atomic E-state index is 0.449. The third-order valence-electron chi connectivity index (χ3n) is 4.48. The van der Waals surface area contributed by atoms with Crippen LogP contribution >= 0.6 is 0 Å². The number of hydrogen-bond donors (Lipinski definition) is 1. The van der Waals surface area contributed by atoms with Crippen molar-refractivity contribution in [3.8, 4) is 5.75 Å². The highest BCUT2D eigenvalue weighted by Crippen LogP contribution is 2.48. The summed E-state index contributed by atoms with van der Waals surface area (Å²) in [6.07, 6.45) is 4.93. The Morgan fingerprint density at radius 1 is 1.37 bits per heavy atom. The van der Waals surface area contributed by atoms with Crippen LogP contribution in [0.1, 0.15) is 37.3 Å². The Labute approximate surface area is 115 Å². The highest BCUT2D eigenvalue weighted by Gasteiger charge is 2.42. The van der Waals surface area contributed by atoms with Gasteiger partial charge >= 0.3 is 0 Å². The van der Waals surface area contributed by atoms with Crippen LogP contribution in [0.25, 0.3) is 0 Å². The van der Waals surface area contributed by atoms with Gasteiger partial charge in [-0.15, -0.1) is 0 Å². The fourth-order valence-electron chi connectivity index (χ4n) is 2.90. The number of benzene rings is 1. The summed E-state index contributed by atoms with van der Waals surface area (Å²) in [6.45, 7) is 2.81. The maximum absolute atomic E-state index is 5.71. The molecular formula is C16H23NO2. The number of fused-ring (bicyclic) bond motifs is 1. The van der Waals surface area contributed by atoms with Gasteiger partial charge in [0.1, 0.15) is 5.75 Å². The quantitative estimate of drug-likeness (QED) is 0.854. The first kappa shape index (κ1) is 12.9. The number of para-hydroxylation sites is 1. The van der Waals surface area contributed by atoms with Crippen LogP contribution in [-0.4, -0.2) is 26.9 Å². The van der Waals surface area contributed by atoms with Gasteiger partial charge in [-0.1, -0.05) is 18.2 Å². The summed E-state index contributed by atoms with van der Waals surface area (Å²) in [4.78, 5) is 0. The maximum atomic E-state index is 5.71. The molecule has 0 spiro atoms. The van der Waals surface area contributed by atoms with E-state index < -0.39 is 0 Å². The summed E-state index contributed by atoms with van der Waals surface area (Å²) in [5, 5.41) is 3.75. The van der Waals surface area contributed by atoms with E-state index in [9.17, 15) is 0 Å². The van der Waals surface area contributed by atoms with Gasteiger partial charge in [-0.3, -0.25) is 0 Å². The number of methoxy groups -OCH3 is 1. The van der Waals surface area contributed by atoms with E-state index in [1.54, 1.807) is 7.11 Å². The van der Waals surface area contributed by atoms with Crippen LogP contribution in [0.4, 0.5) is 0 Å². The molecule has 3 rings (SSSR count). The van der Waals surface area contributed by atoms with Gasteiger partial charge in [-0.05, 0) is 30.7 Å².